The first-order valence-electron chi connectivity index (χ1n) is 7.11. The van der Waals surface area contributed by atoms with Crippen LogP contribution in [0, 0.1) is 0 Å². The summed E-state index contributed by atoms with van der Waals surface area (Å²) in [4.78, 5) is 23.2. The van der Waals surface area contributed by atoms with Crippen LogP contribution in [0.2, 0.25) is 5.02 Å². The molecule has 1 aromatic carbocycles. The van der Waals surface area contributed by atoms with Crippen molar-refractivity contribution in [3.05, 3.63) is 34.9 Å². The first kappa shape index (κ1) is 17.5. The summed E-state index contributed by atoms with van der Waals surface area (Å²) in [6, 6.07) is 7.21. The van der Waals surface area contributed by atoms with Gasteiger partial charge in [-0.1, -0.05) is 30.7 Å². The van der Waals surface area contributed by atoms with Crippen LogP contribution >= 0.6 is 11.6 Å². The third-order valence-corrected chi connectivity index (χ3v) is 3.51. The SMILES string of the molecule is CC[C@H](C)NC(=O)NC(=O)C[NH2+][C@H](C)c1cccc(Cl)c1. The second kappa shape index (κ2) is 8.64. The van der Waals surface area contributed by atoms with Crippen molar-refractivity contribution in [3.8, 4) is 0 Å². The average molecular weight is 313 g/mol. The van der Waals surface area contributed by atoms with Crippen molar-refractivity contribution in [2.75, 3.05) is 6.54 Å². The normalized spacial score (nSPS) is 13.3. The molecule has 0 spiro atoms. The summed E-state index contributed by atoms with van der Waals surface area (Å²) < 4.78 is 0. The molecular weight excluding hydrogens is 290 g/mol. The molecule has 0 aromatic heterocycles. The zero-order valence-electron chi connectivity index (χ0n) is 12.7. The third-order valence-electron chi connectivity index (χ3n) is 3.27. The van der Waals surface area contributed by atoms with Crippen molar-refractivity contribution < 1.29 is 14.9 Å². The quantitative estimate of drug-likeness (QED) is 0.746. The van der Waals surface area contributed by atoms with E-state index in [9.17, 15) is 9.59 Å². The van der Waals surface area contributed by atoms with Crippen LogP contribution in [0.25, 0.3) is 0 Å². The van der Waals surface area contributed by atoms with Crippen LogP contribution in [0.1, 0.15) is 38.8 Å². The van der Waals surface area contributed by atoms with Crippen molar-refractivity contribution in [2.45, 2.75) is 39.3 Å². The minimum atomic E-state index is -0.446. The van der Waals surface area contributed by atoms with E-state index >= 15 is 0 Å². The summed E-state index contributed by atoms with van der Waals surface area (Å²) in [6.07, 6.45) is 0.819. The van der Waals surface area contributed by atoms with Crippen LogP contribution in [0.4, 0.5) is 4.79 Å². The number of rotatable bonds is 6. The van der Waals surface area contributed by atoms with E-state index in [-0.39, 0.29) is 24.5 Å². The van der Waals surface area contributed by atoms with Gasteiger partial charge in [0.1, 0.15) is 6.04 Å². The van der Waals surface area contributed by atoms with E-state index in [0.29, 0.717) is 5.02 Å². The summed E-state index contributed by atoms with van der Waals surface area (Å²) >= 11 is 5.94. The molecule has 1 aromatic rings. The van der Waals surface area contributed by atoms with Gasteiger partial charge >= 0.3 is 6.03 Å². The number of benzene rings is 1. The predicted molar refractivity (Wildman–Crippen MR) is 83.1 cm³/mol. The molecule has 0 radical (unpaired) electrons. The van der Waals surface area contributed by atoms with E-state index < -0.39 is 6.03 Å². The maximum atomic E-state index is 11.7. The van der Waals surface area contributed by atoms with Gasteiger partial charge in [-0.15, -0.1) is 0 Å². The molecule has 6 heteroatoms. The fraction of sp³-hybridized carbons (Fsp3) is 0.467. The Morgan fingerprint density at radius 3 is 2.67 bits per heavy atom. The lowest BCUT2D eigenvalue weighted by atomic mass is 10.1. The molecule has 2 atom stereocenters. The van der Waals surface area contributed by atoms with Gasteiger partial charge in [-0.2, -0.15) is 0 Å². The molecule has 4 N–H and O–H groups in total. The van der Waals surface area contributed by atoms with Gasteiger partial charge in [0.25, 0.3) is 5.91 Å². The smallest absolute Gasteiger partial charge is 0.321 e. The number of amides is 3. The summed E-state index contributed by atoms with van der Waals surface area (Å²) in [7, 11) is 0. The molecule has 21 heavy (non-hydrogen) atoms. The number of quaternary nitrogens is 1. The van der Waals surface area contributed by atoms with Crippen LogP contribution in [-0.2, 0) is 4.79 Å². The number of imide groups is 1. The molecule has 5 nitrogen and oxygen atoms in total. The van der Waals surface area contributed by atoms with E-state index in [2.05, 4.69) is 10.6 Å². The van der Waals surface area contributed by atoms with Crippen molar-refractivity contribution in [2.24, 2.45) is 0 Å². The van der Waals surface area contributed by atoms with Crippen molar-refractivity contribution in [1.29, 1.82) is 0 Å². The number of carbonyl (C=O) groups is 2. The Kier molecular flexibility index (Phi) is 7.19. The molecular formula is C15H23ClN3O2+. The number of nitrogens with two attached hydrogens (primary N) is 1. The topological polar surface area (TPSA) is 74.8 Å². The lowest BCUT2D eigenvalue weighted by molar-refractivity contribution is -0.682. The fourth-order valence-electron chi connectivity index (χ4n) is 1.75. The molecule has 0 saturated heterocycles. The predicted octanol–water partition coefficient (Wildman–Crippen LogP) is 1.59. The monoisotopic (exact) mass is 312 g/mol. The molecule has 0 bridgehead atoms. The van der Waals surface area contributed by atoms with Crippen molar-refractivity contribution in [1.82, 2.24) is 10.6 Å². The van der Waals surface area contributed by atoms with Crippen LogP contribution in [-0.4, -0.2) is 24.5 Å². The van der Waals surface area contributed by atoms with Gasteiger partial charge in [0.2, 0.25) is 0 Å². The highest BCUT2D eigenvalue weighted by Gasteiger charge is 2.14. The first-order valence-corrected chi connectivity index (χ1v) is 7.49. The van der Waals surface area contributed by atoms with E-state index in [4.69, 9.17) is 11.6 Å². The van der Waals surface area contributed by atoms with E-state index in [1.807, 2.05) is 50.4 Å². The maximum Gasteiger partial charge on any atom is 0.321 e. The lowest BCUT2D eigenvalue weighted by Crippen LogP contribution is -2.87. The summed E-state index contributed by atoms with van der Waals surface area (Å²) in [5.41, 5.74) is 1.04. The van der Waals surface area contributed by atoms with E-state index in [1.54, 1.807) is 0 Å². The van der Waals surface area contributed by atoms with Crippen LogP contribution in [0.3, 0.4) is 0 Å². The maximum absolute atomic E-state index is 11.7. The lowest BCUT2D eigenvalue weighted by Gasteiger charge is -2.13. The second-order valence-electron chi connectivity index (χ2n) is 5.11. The number of urea groups is 1. The van der Waals surface area contributed by atoms with Gasteiger partial charge in [-0.05, 0) is 32.4 Å². The summed E-state index contributed by atoms with van der Waals surface area (Å²) in [6.45, 7) is 6.02. The summed E-state index contributed by atoms with van der Waals surface area (Å²) in [5.74, 6) is -0.315. The number of carbonyl (C=O) groups excluding carboxylic acids is 2. The van der Waals surface area contributed by atoms with Crippen molar-refractivity contribution >= 4 is 23.5 Å². The average Bonchev–Trinajstić information content (AvgIpc) is 2.44. The van der Waals surface area contributed by atoms with Crippen LogP contribution in [0.5, 0.6) is 0 Å². The molecule has 116 valence electrons. The highest BCUT2D eigenvalue weighted by molar-refractivity contribution is 6.30. The number of hydrogen-bond donors (Lipinski definition) is 3. The van der Waals surface area contributed by atoms with Crippen LogP contribution < -0.4 is 16.0 Å². The van der Waals surface area contributed by atoms with Gasteiger partial charge in [0, 0.05) is 16.6 Å². The second-order valence-corrected chi connectivity index (χ2v) is 5.55. The van der Waals surface area contributed by atoms with Gasteiger partial charge in [-0.25, -0.2) is 4.79 Å². The Hall–Kier alpha value is -1.59. The minimum Gasteiger partial charge on any atom is -0.335 e. The highest BCUT2D eigenvalue weighted by Crippen LogP contribution is 2.14. The Morgan fingerprint density at radius 2 is 2.05 bits per heavy atom. The summed E-state index contributed by atoms with van der Waals surface area (Å²) in [5, 5.41) is 7.53. The molecule has 3 amide bonds. The van der Waals surface area contributed by atoms with Crippen LogP contribution in [0.15, 0.2) is 24.3 Å². The number of halogens is 1. The zero-order chi connectivity index (χ0) is 15.8. The molecule has 0 aliphatic carbocycles. The Morgan fingerprint density at radius 1 is 1.33 bits per heavy atom. The Labute approximate surface area is 130 Å². The molecule has 0 heterocycles. The third kappa shape index (κ3) is 6.60. The largest absolute Gasteiger partial charge is 0.335 e. The van der Waals surface area contributed by atoms with Gasteiger partial charge < -0.3 is 10.6 Å². The molecule has 0 aliphatic rings. The number of nitrogens with one attached hydrogen (secondary N) is 2. The number of hydrogen-bond acceptors (Lipinski definition) is 2. The molecule has 0 aliphatic heterocycles. The van der Waals surface area contributed by atoms with Gasteiger partial charge in [0.05, 0.1) is 0 Å². The molecule has 0 fully saturated rings. The van der Waals surface area contributed by atoms with Gasteiger partial charge in [-0.3, -0.25) is 10.1 Å². The standard InChI is InChI=1S/C15H22ClN3O2/c1-4-10(2)18-15(21)19-14(20)9-17-11(3)12-6-5-7-13(16)8-12/h5-8,10-11,17H,4,9H2,1-3H3,(H2,18,19,20,21)/p+1/t10-,11+/m0/s1. The van der Waals surface area contributed by atoms with E-state index in [1.165, 1.54) is 0 Å². The molecule has 0 saturated carbocycles. The highest BCUT2D eigenvalue weighted by atomic mass is 35.5. The van der Waals surface area contributed by atoms with Crippen molar-refractivity contribution in [3.63, 3.8) is 0 Å². The Balaban J connectivity index is 2.37. The van der Waals surface area contributed by atoms with Gasteiger partial charge in [0.15, 0.2) is 6.54 Å². The molecule has 0 unspecified atom stereocenters. The van der Waals surface area contributed by atoms with E-state index in [0.717, 1.165) is 12.0 Å². The minimum absolute atomic E-state index is 0.0483. The fourth-order valence-corrected chi connectivity index (χ4v) is 1.95. The zero-order valence-corrected chi connectivity index (χ0v) is 13.4. The Bertz CT molecular complexity index is 494. The first-order chi connectivity index (χ1) is 9.92. The molecule has 1 rings (SSSR count).